The highest BCUT2D eigenvalue weighted by atomic mass is 19.4. The summed E-state index contributed by atoms with van der Waals surface area (Å²) in [5.74, 6) is 0.529. The number of hydrogen-bond acceptors (Lipinski definition) is 4. The topological polar surface area (TPSA) is 47.9 Å². The smallest absolute Gasteiger partial charge is 0.416 e. The maximum atomic E-state index is 12.7. The van der Waals surface area contributed by atoms with Crippen molar-refractivity contribution in [1.29, 1.82) is 0 Å². The second-order valence-electron chi connectivity index (χ2n) is 5.52. The second-order valence-corrected chi connectivity index (χ2v) is 5.52. The number of ether oxygens (including phenoxy) is 2. The maximum absolute atomic E-state index is 12.7. The summed E-state index contributed by atoms with van der Waals surface area (Å²) in [6.45, 7) is 1.38. The molecule has 0 amide bonds. The quantitative estimate of drug-likeness (QED) is 0.599. The van der Waals surface area contributed by atoms with Crippen LogP contribution in [-0.4, -0.2) is 18.4 Å². The number of esters is 1. The van der Waals surface area contributed by atoms with Crippen molar-refractivity contribution in [3.05, 3.63) is 71.3 Å². The summed E-state index contributed by atoms with van der Waals surface area (Å²) in [6.07, 6.45) is -2.71. The Balaban J connectivity index is 1.82. The van der Waals surface area contributed by atoms with Gasteiger partial charge in [0, 0.05) is 18.6 Å². The number of rotatable bonds is 3. The number of allylic oxidation sites excluding steroid dienone is 1. The van der Waals surface area contributed by atoms with Gasteiger partial charge in [-0.1, -0.05) is 12.1 Å². The Labute approximate surface area is 147 Å². The second kappa shape index (κ2) is 7.03. The molecule has 0 N–H and O–H groups in total. The highest BCUT2D eigenvalue weighted by Crippen LogP contribution is 2.30. The Morgan fingerprint density at radius 2 is 1.65 bits per heavy atom. The average Bonchev–Trinajstić information content (AvgIpc) is 2.61. The highest BCUT2D eigenvalue weighted by Gasteiger charge is 2.30. The van der Waals surface area contributed by atoms with E-state index in [1.165, 1.54) is 19.1 Å². The van der Waals surface area contributed by atoms with Gasteiger partial charge in [0.15, 0.2) is 6.73 Å². The van der Waals surface area contributed by atoms with Gasteiger partial charge in [-0.3, -0.25) is 4.79 Å². The van der Waals surface area contributed by atoms with Crippen LogP contribution >= 0.6 is 0 Å². The molecule has 2 aromatic carbocycles. The van der Waals surface area contributed by atoms with Gasteiger partial charge >= 0.3 is 12.1 Å². The molecule has 1 heterocycles. The maximum Gasteiger partial charge on any atom is 0.416 e. The van der Waals surface area contributed by atoms with Crippen LogP contribution in [0.3, 0.4) is 0 Å². The number of nitrogens with zero attached hydrogens (tertiary/aromatic N) is 1. The number of carbonyl (C=O) groups excluding carboxylic acids is 1. The third-order valence-electron chi connectivity index (χ3n) is 3.63. The molecule has 0 radical (unpaired) electrons. The fraction of sp³-hybridized carbons (Fsp3) is 0.158. The van der Waals surface area contributed by atoms with Crippen LogP contribution < -0.4 is 4.74 Å². The van der Waals surface area contributed by atoms with E-state index in [0.29, 0.717) is 22.8 Å². The van der Waals surface area contributed by atoms with Gasteiger partial charge in [-0.2, -0.15) is 13.2 Å². The first-order chi connectivity index (χ1) is 12.3. The van der Waals surface area contributed by atoms with Gasteiger partial charge in [-0.25, -0.2) is 4.99 Å². The van der Waals surface area contributed by atoms with Crippen LogP contribution in [0, 0.1) is 0 Å². The average molecular weight is 361 g/mol. The van der Waals surface area contributed by atoms with Crippen molar-refractivity contribution in [3.8, 4) is 5.75 Å². The first kappa shape index (κ1) is 17.7. The van der Waals surface area contributed by atoms with Crippen LogP contribution in [0.1, 0.15) is 23.6 Å². The third-order valence-corrected chi connectivity index (χ3v) is 3.63. The lowest BCUT2D eigenvalue weighted by Gasteiger charge is -2.16. The van der Waals surface area contributed by atoms with Crippen LogP contribution in [0.5, 0.6) is 5.75 Å². The van der Waals surface area contributed by atoms with Crippen LogP contribution in [0.25, 0.3) is 5.76 Å². The lowest BCUT2D eigenvalue weighted by Crippen LogP contribution is -2.09. The van der Waals surface area contributed by atoms with E-state index in [1.807, 2.05) is 0 Å². The van der Waals surface area contributed by atoms with Gasteiger partial charge in [0.05, 0.1) is 11.3 Å². The molecule has 7 heteroatoms. The van der Waals surface area contributed by atoms with E-state index in [0.717, 1.165) is 17.7 Å². The zero-order valence-corrected chi connectivity index (χ0v) is 13.7. The highest BCUT2D eigenvalue weighted by molar-refractivity contribution is 6.12. The third kappa shape index (κ3) is 4.11. The Kier molecular flexibility index (Phi) is 4.79. The molecule has 134 valence electrons. The number of halogens is 3. The summed E-state index contributed by atoms with van der Waals surface area (Å²) in [6, 6.07) is 11.5. The van der Waals surface area contributed by atoms with Crippen molar-refractivity contribution >= 4 is 17.4 Å². The predicted octanol–water partition coefficient (Wildman–Crippen LogP) is 4.45. The Bertz CT molecular complexity index is 866. The molecule has 0 bridgehead atoms. The summed E-state index contributed by atoms with van der Waals surface area (Å²) in [5, 5.41) is 0. The van der Waals surface area contributed by atoms with Crippen LogP contribution in [-0.2, 0) is 15.7 Å². The molecule has 0 saturated carbocycles. The molecular weight excluding hydrogens is 347 g/mol. The van der Waals surface area contributed by atoms with Crippen molar-refractivity contribution in [2.24, 2.45) is 4.99 Å². The van der Waals surface area contributed by atoms with Crippen molar-refractivity contribution in [3.63, 3.8) is 0 Å². The van der Waals surface area contributed by atoms with E-state index < -0.39 is 17.7 Å². The molecule has 0 saturated heterocycles. The number of carbonyl (C=O) groups is 1. The first-order valence-corrected chi connectivity index (χ1v) is 7.68. The van der Waals surface area contributed by atoms with Gasteiger partial charge in [0.25, 0.3) is 0 Å². The molecule has 0 aliphatic carbocycles. The zero-order valence-electron chi connectivity index (χ0n) is 13.7. The van der Waals surface area contributed by atoms with Crippen LogP contribution in [0.2, 0.25) is 0 Å². The number of benzene rings is 2. The van der Waals surface area contributed by atoms with Crippen molar-refractivity contribution in [2.45, 2.75) is 13.1 Å². The molecule has 0 aromatic heterocycles. The van der Waals surface area contributed by atoms with Crippen molar-refractivity contribution in [1.82, 2.24) is 0 Å². The molecule has 4 nitrogen and oxygen atoms in total. The fourth-order valence-corrected chi connectivity index (χ4v) is 2.41. The fourth-order valence-electron chi connectivity index (χ4n) is 2.41. The molecule has 0 spiro atoms. The summed E-state index contributed by atoms with van der Waals surface area (Å²) >= 11 is 0. The van der Waals surface area contributed by atoms with Gasteiger partial charge in [-0.05, 0) is 42.0 Å². The first-order valence-electron chi connectivity index (χ1n) is 7.68. The lowest BCUT2D eigenvalue weighted by molar-refractivity contribution is -0.137. The SMILES string of the molecule is CC(=O)Oc1ccc(C2=CC(c3ccc(C(F)(F)F)cc3)=NCO2)cc1. The molecule has 1 aliphatic rings. The molecule has 3 rings (SSSR count). The molecular formula is C19H14F3NO3. The van der Waals surface area contributed by atoms with E-state index in [1.54, 1.807) is 30.3 Å². The zero-order chi connectivity index (χ0) is 18.7. The minimum atomic E-state index is -4.37. The Hall–Kier alpha value is -3.09. The minimum Gasteiger partial charge on any atom is -0.471 e. The standard InChI is InChI=1S/C19H14F3NO3/c1-12(24)26-16-8-4-14(5-9-16)18-10-17(23-11-25-18)13-2-6-15(7-3-13)19(20,21)22/h2-10H,11H2,1H3. The van der Waals surface area contributed by atoms with E-state index >= 15 is 0 Å². The Morgan fingerprint density at radius 1 is 1.04 bits per heavy atom. The molecule has 26 heavy (non-hydrogen) atoms. The van der Waals surface area contributed by atoms with E-state index in [2.05, 4.69) is 4.99 Å². The van der Waals surface area contributed by atoms with Crippen molar-refractivity contribution < 1.29 is 27.4 Å². The van der Waals surface area contributed by atoms with Gasteiger partial charge in [0.1, 0.15) is 11.5 Å². The van der Waals surface area contributed by atoms with E-state index in [9.17, 15) is 18.0 Å². The van der Waals surface area contributed by atoms with Crippen LogP contribution in [0.15, 0.2) is 59.6 Å². The number of alkyl halides is 3. The minimum absolute atomic E-state index is 0.0634. The van der Waals surface area contributed by atoms with Gasteiger partial charge in [0.2, 0.25) is 0 Å². The number of aliphatic imine (C=N–C) groups is 1. The van der Waals surface area contributed by atoms with E-state index in [-0.39, 0.29) is 6.73 Å². The van der Waals surface area contributed by atoms with Crippen LogP contribution in [0.4, 0.5) is 13.2 Å². The summed E-state index contributed by atoms with van der Waals surface area (Å²) in [7, 11) is 0. The predicted molar refractivity (Wildman–Crippen MR) is 89.7 cm³/mol. The largest absolute Gasteiger partial charge is 0.471 e. The molecule has 0 atom stereocenters. The number of hydrogen-bond donors (Lipinski definition) is 0. The van der Waals surface area contributed by atoms with Crippen molar-refractivity contribution in [2.75, 3.05) is 6.73 Å². The monoisotopic (exact) mass is 361 g/mol. The van der Waals surface area contributed by atoms with E-state index in [4.69, 9.17) is 9.47 Å². The summed E-state index contributed by atoms with van der Waals surface area (Å²) < 4.78 is 48.5. The molecule has 1 aliphatic heterocycles. The molecule has 2 aromatic rings. The molecule has 0 fully saturated rings. The van der Waals surface area contributed by atoms with Gasteiger partial charge < -0.3 is 9.47 Å². The summed E-state index contributed by atoms with van der Waals surface area (Å²) in [5.41, 5.74) is 1.12. The summed E-state index contributed by atoms with van der Waals surface area (Å²) in [4.78, 5) is 15.1. The normalized spacial score (nSPS) is 14.2. The van der Waals surface area contributed by atoms with Gasteiger partial charge in [-0.15, -0.1) is 0 Å². The lowest BCUT2D eigenvalue weighted by atomic mass is 10.0. The Morgan fingerprint density at radius 3 is 2.23 bits per heavy atom. The molecule has 0 unspecified atom stereocenters.